The van der Waals surface area contributed by atoms with Crippen molar-refractivity contribution in [2.24, 2.45) is 0 Å². The summed E-state index contributed by atoms with van der Waals surface area (Å²) in [5.41, 5.74) is 2.45. The largest absolute Gasteiger partial charge is 0.497 e. The van der Waals surface area contributed by atoms with Gasteiger partial charge in [-0.1, -0.05) is 38.1 Å². The molecule has 1 aliphatic rings. The second-order valence-electron chi connectivity index (χ2n) is 9.32. The maximum absolute atomic E-state index is 5.66. The Bertz CT molecular complexity index is 1090. The van der Waals surface area contributed by atoms with Crippen LogP contribution < -0.4 is 19.1 Å². The minimum absolute atomic E-state index is 0.0500. The van der Waals surface area contributed by atoms with E-state index >= 15 is 0 Å². The predicted octanol–water partition coefficient (Wildman–Crippen LogP) is 5.18. The van der Waals surface area contributed by atoms with Crippen LogP contribution in [0, 0.1) is 0 Å². The third kappa shape index (κ3) is 5.40. The lowest BCUT2D eigenvalue weighted by atomic mass is 9.82. The fourth-order valence-corrected chi connectivity index (χ4v) is 5.30. The summed E-state index contributed by atoms with van der Waals surface area (Å²) < 4.78 is 14.8. The third-order valence-electron chi connectivity index (χ3n) is 6.52. The molecule has 1 fully saturated rings. The van der Waals surface area contributed by atoms with Crippen LogP contribution in [0.2, 0.25) is 0 Å². The Balaban J connectivity index is 1.48. The number of piperazine rings is 1. The highest BCUT2D eigenvalue weighted by Gasteiger charge is 2.23. The van der Waals surface area contributed by atoms with Crippen molar-refractivity contribution >= 4 is 28.4 Å². The monoisotopic (exact) mass is 465 g/mol. The number of likely N-dealkylation sites (N-methyl/N-ethyl adjacent to an activating group) is 1. The Labute approximate surface area is 202 Å². The van der Waals surface area contributed by atoms with Crippen LogP contribution >= 0.6 is 11.9 Å². The Hall–Kier alpha value is -2.41. The third-order valence-corrected chi connectivity index (χ3v) is 7.30. The van der Waals surface area contributed by atoms with E-state index < -0.39 is 0 Å². The number of hydrogen-bond acceptors (Lipinski definition) is 6. The summed E-state index contributed by atoms with van der Waals surface area (Å²) >= 11 is 1.69. The lowest BCUT2D eigenvalue weighted by Crippen LogP contribution is -2.44. The van der Waals surface area contributed by atoms with Gasteiger partial charge in [0, 0.05) is 43.0 Å². The van der Waals surface area contributed by atoms with Crippen LogP contribution in [0.5, 0.6) is 11.5 Å². The molecule has 1 saturated heterocycles. The number of benzene rings is 3. The number of ether oxygens (including phenoxy) is 2. The summed E-state index contributed by atoms with van der Waals surface area (Å²) in [5.74, 6) is 1.83. The van der Waals surface area contributed by atoms with E-state index in [1.54, 1.807) is 26.2 Å². The first-order valence-electron chi connectivity index (χ1n) is 11.5. The van der Waals surface area contributed by atoms with Crippen LogP contribution in [0.1, 0.15) is 19.4 Å². The maximum atomic E-state index is 5.66. The van der Waals surface area contributed by atoms with E-state index in [-0.39, 0.29) is 5.41 Å². The van der Waals surface area contributed by atoms with Gasteiger partial charge < -0.3 is 19.3 Å². The number of hydrogen-bond donors (Lipinski definition) is 1. The SMILES string of the molecule is COc1ccc2cccc(C(C)(C)CNSc3ccc(OC)c(N4CCN(C)CC4)c3)c2c1. The van der Waals surface area contributed by atoms with Gasteiger partial charge in [0.15, 0.2) is 0 Å². The number of anilines is 1. The molecule has 176 valence electrons. The molecule has 0 amide bonds. The molecular formula is C27H35N3O2S. The van der Waals surface area contributed by atoms with Crippen LogP contribution in [-0.4, -0.2) is 58.9 Å². The summed E-state index contributed by atoms with van der Waals surface area (Å²) in [6.45, 7) is 9.60. The highest BCUT2D eigenvalue weighted by molar-refractivity contribution is 7.97. The minimum Gasteiger partial charge on any atom is -0.497 e. The quantitative estimate of drug-likeness (QED) is 0.462. The fourth-order valence-electron chi connectivity index (χ4n) is 4.39. The van der Waals surface area contributed by atoms with Crippen LogP contribution in [0.4, 0.5) is 5.69 Å². The average molecular weight is 466 g/mol. The molecule has 0 atom stereocenters. The summed E-state index contributed by atoms with van der Waals surface area (Å²) in [6, 6.07) is 19.3. The topological polar surface area (TPSA) is 37.0 Å². The maximum Gasteiger partial charge on any atom is 0.142 e. The number of nitrogens with zero attached hydrogens (tertiary/aromatic N) is 2. The standard InChI is InChI=1S/C27H35N3O2S/c1-27(2,24-8-6-7-20-9-10-21(31-4)17-23(20)24)19-28-33-22-11-12-26(32-5)25(18-22)30-15-13-29(3)14-16-30/h6-12,17-18,28H,13-16,19H2,1-5H3. The number of fused-ring (bicyclic) bond motifs is 1. The number of rotatable bonds is 8. The smallest absolute Gasteiger partial charge is 0.142 e. The first-order chi connectivity index (χ1) is 15.9. The normalized spacial score (nSPS) is 15.1. The van der Waals surface area contributed by atoms with Crippen molar-refractivity contribution in [3.05, 3.63) is 60.2 Å². The molecule has 0 spiro atoms. The van der Waals surface area contributed by atoms with Crippen LogP contribution in [-0.2, 0) is 5.41 Å². The van der Waals surface area contributed by atoms with Crippen molar-refractivity contribution in [1.82, 2.24) is 9.62 Å². The van der Waals surface area contributed by atoms with Gasteiger partial charge in [-0.2, -0.15) is 0 Å². The number of nitrogens with one attached hydrogen (secondary N) is 1. The van der Waals surface area contributed by atoms with Crippen molar-refractivity contribution < 1.29 is 9.47 Å². The van der Waals surface area contributed by atoms with Crippen molar-refractivity contribution in [2.75, 3.05) is 58.9 Å². The van der Waals surface area contributed by atoms with Gasteiger partial charge >= 0.3 is 0 Å². The highest BCUT2D eigenvalue weighted by atomic mass is 32.2. The molecule has 0 unspecified atom stereocenters. The predicted molar refractivity (Wildman–Crippen MR) is 140 cm³/mol. The molecule has 0 radical (unpaired) electrons. The molecule has 1 heterocycles. The van der Waals surface area contributed by atoms with Gasteiger partial charge in [0.25, 0.3) is 0 Å². The van der Waals surface area contributed by atoms with Gasteiger partial charge in [0.2, 0.25) is 0 Å². The average Bonchev–Trinajstić information content (AvgIpc) is 2.83. The molecule has 4 rings (SSSR count). The molecule has 1 N–H and O–H groups in total. The van der Waals surface area contributed by atoms with E-state index in [0.29, 0.717) is 0 Å². The van der Waals surface area contributed by atoms with Gasteiger partial charge in [0.1, 0.15) is 11.5 Å². The second kappa shape index (κ2) is 10.2. The van der Waals surface area contributed by atoms with Gasteiger partial charge in [-0.25, -0.2) is 0 Å². The van der Waals surface area contributed by atoms with Gasteiger partial charge in [-0.3, -0.25) is 4.72 Å². The van der Waals surface area contributed by atoms with Crippen LogP contribution in [0.3, 0.4) is 0 Å². The summed E-state index contributed by atoms with van der Waals surface area (Å²) in [5, 5.41) is 2.48. The first-order valence-corrected chi connectivity index (χ1v) is 12.3. The summed E-state index contributed by atoms with van der Waals surface area (Å²) in [6.07, 6.45) is 0. The molecule has 6 heteroatoms. The van der Waals surface area contributed by atoms with Crippen molar-refractivity contribution in [3.63, 3.8) is 0 Å². The Morgan fingerprint density at radius 1 is 0.939 bits per heavy atom. The molecule has 33 heavy (non-hydrogen) atoms. The molecule has 0 saturated carbocycles. The van der Waals surface area contributed by atoms with E-state index in [9.17, 15) is 0 Å². The fraction of sp³-hybridized carbons (Fsp3) is 0.407. The van der Waals surface area contributed by atoms with E-state index in [2.05, 4.69) is 83.9 Å². The van der Waals surface area contributed by atoms with Crippen molar-refractivity contribution in [1.29, 1.82) is 0 Å². The zero-order valence-corrected chi connectivity index (χ0v) is 21.2. The molecule has 1 aliphatic heterocycles. The van der Waals surface area contributed by atoms with Gasteiger partial charge in [0.05, 0.1) is 19.9 Å². The Kier molecular flexibility index (Phi) is 7.37. The lowest BCUT2D eigenvalue weighted by molar-refractivity contribution is 0.311. The van der Waals surface area contributed by atoms with Crippen LogP contribution in [0.25, 0.3) is 10.8 Å². The van der Waals surface area contributed by atoms with Crippen molar-refractivity contribution in [3.8, 4) is 11.5 Å². The summed E-state index contributed by atoms with van der Waals surface area (Å²) in [4.78, 5) is 5.99. The van der Waals surface area contributed by atoms with E-state index in [1.807, 2.05) is 6.07 Å². The van der Waals surface area contributed by atoms with E-state index in [0.717, 1.165) is 44.2 Å². The highest BCUT2D eigenvalue weighted by Crippen LogP contribution is 2.35. The molecule has 0 aromatic heterocycles. The first kappa shape index (κ1) is 23.7. The molecule has 3 aromatic rings. The van der Waals surface area contributed by atoms with E-state index in [1.165, 1.54) is 26.9 Å². The van der Waals surface area contributed by atoms with Gasteiger partial charge in [-0.15, -0.1) is 0 Å². The summed E-state index contributed by atoms with van der Waals surface area (Å²) in [7, 11) is 5.65. The second-order valence-corrected chi connectivity index (χ2v) is 10.3. The molecule has 5 nitrogen and oxygen atoms in total. The molecular weight excluding hydrogens is 430 g/mol. The minimum atomic E-state index is -0.0500. The number of methoxy groups -OCH3 is 2. The Morgan fingerprint density at radius 2 is 1.73 bits per heavy atom. The van der Waals surface area contributed by atoms with Gasteiger partial charge in [-0.05, 0) is 65.7 Å². The van der Waals surface area contributed by atoms with E-state index in [4.69, 9.17) is 9.47 Å². The van der Waals surface area contributed by atoms with Crippen LogP contribution in [0.15, 0.2) is 59.5 Å². The molecule has 0 aliphatic carbocycles. The zero-order chi connectivity index (χ0) is 23.4. The van der Waals surface area contributed by atoms with Crippen molar-refractivity contribution in [2.45, 2.75) is 24.2 Å². The molecule has 0 bridgehead atoms. The lowest BCUT2D eigenvalue weighted by Gasteiger charge is -2.35. The molecule has 3 aromatic carbocycles. The zero-order valence-electron chi connectivity index (χ0n) is 20.4. The Morgan fingerprint density at radius 3 is 2.45 bits per heavy atom.